The van der Waals surface area contributed by atoms with Crippen molar-refractivity contribution >= 4 is 11.9 Å². The maximum Gasteiger partial charge on any atom is 0.305 e. The lowest BCUT2D eigenvalue weighted by Crippen LogP contribution is -2.45. The zero-order chi connectivity index (χ0) is 49.3. The number of rotatable bonds is 55. The molecule has 0 rings (SSSR count). The van der Waals surface area contributed by atoms with E-state index in [1.165, 1.54) is 225 Å². The Morgan fingerprint density at radius 2 is 0.735 bits per heavy atom. The molecular weight excluding hydrogens is 839 g/mol. The van der Waals surface area contributed by atoms with E-state index in [-0.39, 0.29) is 18.5 Å². The van der Waals surface area contributed by atoms with Crippen molar-refractivity contribution in [2.45, 2.75) is 321 Å². The van der Waals surface area contributed by atoms with Crippen LogP contribution in [-0.4, -0.2) is 47.4 Å². The van der Waals surface area contributed by atoms with Crippen molar-refractivity contribution in [2.24, 2.45) is 0 Å². The molecule has 0 bridgehead atoms. The summed E-state index contributed by atoms with van der Waals surface area (Å²) in [5.41, 5.74) is 0. The Kier molecular flexibility index (Phi) is 55.6. The van der Waals surface area contributed by atoms with E-state index in [1.807, 2.05) is 6.08 Å². The molecule has 0 aliphatic rings. The van der Waals surface area contributed by atoms with Gasteiger partial charge in [0.1, 0.15) is 0 Å². The topological polar surface area (TPSA) is 95.9 Å². The van der Waals surface area contributed by atoms with Crippen LogP contribution >= 0.6 is 0 Å². The molecular formula is C62H115NO5. The van der Waals surface area contributed by atoms with Gasteiger partial charge in [-0.05, 0) is 89.9 Å². The second kappa shape index (κ2) is 57.4. The fourth-order valence-electron chi connectivity index (χ4n) is 8.95. The van der Waals surface area contributed by atoms with Crippen molar-refractivity contribution in [1.29, 1.82) is 0 Å². The van der Waals surface area contributed by atoms with Gasteiger partial charge in [0.25, 0.3) is 0 Å². The smallest absolute Gasteiger partial charge is 0.305 e. The first-order valence-corrected chi connectivity index (χ1v) is 29.9. The zero-order valence-corrected chi connectivity index (χ0v) is 45.3. The van der Waals surface area contributed by atoms with Crippen LogP contribution in [0, 0.1) is 0 Å². The Labute approximate surface area is 423 Å². The minimum Gasteiger partial charge on any atom is -0.466 e. The standard InChI is InChI=1S/C62H115NO5/c1-3-5-7-9-11-13-15-17-19-28-32-36-40-44-48-52-56-62(67)68-57-53-49-45-41-37-33-29-25-23-21-20-22-24-27-31-35-39-43-47-51-55-61(66)63-59(58-64)60(65)54-50-46-42-38-34-30-26-18-16-14-12-10-8-6-4-2/h13,15,19-20,22,28,50,54,59-60,64-65H,3-12,14,16-18,21,23-27,29-49,51-53,55-58H2,1-2H3,(H,63,66)/b15-13-,22-20-,28-19-,54-50+. The molecule has 0 saturated carbocycles. The van der Waals surface area contributed by atoms with Crippen molar-refractivity contribution in [1.82, 2.24) is 5.32 Å². The van der Waals surface area contributed by atoms with E-state index in [1.54, 1.807) is 6.08 Å². The van der Waals surface area contributed by atoms with Gasteiger partial charge in [-0.2, -0.15) is 0 Å². The lowest BCUT2D eigenvalue weighted by molar-refractivity contribution is -0.143. The fraction of sp³-hybridized carbons (Fsp3) is 0.839. The van der Waals surface area contributed by atoms with E-state index < -0.39 is 12.1 Å². The molecule has 398 valence electrons. The maximum absolute atomic E-state index is 12.5. The normalized spacial score (nSPS) is 12.9. The average Bonchev–Trinajstić information content (AvgIpc) is 3.34. The first-order chi connectivity index (χ1) is 33.5. The monoisotopic (exact) mass is 954 g/mol. The van der Waals surface area contributed by atoms with E-state index in [9.17, 15) is 19.8 Å². The second-order valence-corrected chi connectivity index (χ2v) is 20.3. The highest BCUT2D eigenvalue weighted by atomic mass is 16.5. The highest BCUT2D eigenvalue weighted by Gasteiger charge is 2.18. The van der Waals surface area contributed by atoms with Gasteiger partial charge >= 0.3 is 5.97 Å². The number of nitrogens with one attached hydrogen (secondary N) is 1. The highest BCUT2D eigenvalue weighted by molar-refractivity contribution is 5.76. The Morgan fingerprint density at radius 3 is 1.15 bits per heavy atom. The molecule has 68 heavy (non-hydrogen) atoms. The summed E-state index contributed by atoms with van der Waals surface area (Å²) < 4.78 is 5.47. The molecule has 0 fully saturated rings. The van der Waals surface area contributed by atoms with Crippen molar-refractivity contribution in [3.8, 4) is 0 Å². The summed E-state index contributed by atoms with van der Waals surface area (Å²) in [6.07, 6.45) is 72.8. The fourth-order valence-corrected chi connectivity index (χ4v) is 8.95. The largest absolute Gasteiger partial charge is 0.466 e. The number of unbranched alkanes of at least 4 members (excludes halogenated alkanes) is 38. The third kappa shape index (κ3) is 53.2. The van der Waals surface area contributed by atoms with Gasteiger partial charge in [-0.3, -0.25) is 9.59 Å². The van der Waals surface area contributed by atoms with Crippen LogP contribution in [0.5, 0.6) is 0 Å². The Bertz CT molecular complexity index is 1150. The number of allylic oxidation sites excluding steroid dienone is 7. The zero-order valence-electron chi connectivity index (χ0n) is 45.3. The number of hydrogen-bond donors (Lipinski definition) is 3. The van der Waals surface area contributed by atoms with Gasteiger partial charge in [0, 0.05) is 12.8 Å². The number of carbonyl (C=O) groups is 2. The maximum atomic E-state index is 12.5. The minimum atomic E-state index is -0.851. The van der Waals surface area contributed by atoms with Crippen LogP contribution in [0.25, 0.3) is 0 Å². The predicted molar refractivity (Wildman–Crippen MR) is 296 cm³/mol. The Morgan fingerprint density at radius 1 is 0.412 bits per heavy atom. The molecule has 0 aromatic carbocycles. The van der Waals surface area contributed by atoms with Crippen molar-refractivity contribution in [3.05, 3.63) is 48.6 Å². The van der Waals surface area contributed by atoms with Crippen LogP contribution in [0.1, 0.15) is 309 Å². The van der Waals surface area contributed by atoms with E-state index in [2.05, 4.69) is 55.6 Å². The summed E-state index contributed by atoms with van der Waals surface area (Å²) in [6.45, 7) is 4.87. The summed E-state index contributed by atoms with van der Waals surface area (Å²) in [7, 11) is 0. The quantitative estimate of drug-likeness (QED) is 0.0321. The van der Waals surface area contributed by atoms with Crippen molar-refractivity contribution in [2.75, 3.05) is 13.2 Å². The van der Waals surface area contributed by atoms with Gasteiger partial charge in [-0.1, -0.05) is 255 Å². The van der Waals surface area contributed by atoms with E-state index in [0.717, 1.165) is 57.8 Å². The lowest BCUT2D eigenvalue weighted by atomic mass is 10.0. The first-order valence-electron chi connectivity index (χ1n) is 29.9. The van der Waals surface area contributed by atoms with Crippen LogP contribution in [0.3, 0.4) is 0 Å². The number of amides is 1. The molecule has 0 aromatic rings. The van der Waals surface area contributed by atoms with Gasteiger partial charge in [0.2, 0.25) is 5.91 Å². The van der Waals surface area contributed by atoms with Crippen LogP contribution < -0.4 is 5.32 Å². The number of carbonyl (C=O) groups excluding carboxylic acids is 2. The second-order valence-electron chi connectivity index (χ2n) is 20.3. The molecule has 6 heteroatoms. The molecule has 0 saturated heterocycles. The molecule has 0 heterocycles. The SMILES string of the molecule is CCCCCC/C=C\C/C=C\CCCCCCCC(=O)OCCCCCCCCCCC/C=C\CCCCCCCCCC(=O)NC(CO)C(O)/C=C/CCCCCCCCCCCCCCC. The molecule has 0 aromatic heterocycles. The van der Waals surface area contributed by atoms with Crippen LogP contribution in [0.15, 0.2) is 48.6 Å². The van der Waals surface area contributed by atoms with E-state index in [4.69, 9.17) is 4.74 Å². The molecule has 0 radical (unpaired) electrons. The summed E-state index contributed by atoms with van der Waals surface area (Å²) >= 11 is 0. The van der Waals surface area contributed by atoms with Gasteiger partial charge in [0.05, 0.1) is 25.4 Å². The van der Waals surface area contributed by atoms with Gasteiger partial charge in [-0.25, -0.2) is 0 Å². The minimum absolute atomic E-state index is 0.00834. The van der Waals surface area contributed by atoms with Gasteiger partial charge < -0.3 is 20.3 Å². The number of esters is 1. The number of aliphatic hydroxyl groups is 2. The van der Waals surface area contributed by atoms with Crippen LogP contribution in [-0.2, 0) is 14.3 Å². The number of ether oxygens (including phenoxy) is 1. The molecule has 0 aliphatic carbocycles. The number of aliphatic hydroxyl groups excluding tert-OH is 2. The predicted octanol–water partition coefficient (Wildman–Crippen LogP) is 18.6. The van der Waals surface area contributed by atoms with Gasteiger partial charge in [-0.15, -0.1) is 0 Å². The molecule has 6 nitrogen and oxygen atoms in total. The average molecular weight is 955 g/mol. The molecule has 0 aliphatic heterocycles. The summed E-state index contributed by atoms with van der Waals surface area (Å²) in [6, 6.07) is -0.635. The summed E-state index contributed by atoms with van der Waals surface area (Å²) in [5, 5.41) is 23.1. The van der Waals surface area contributed by atoms with E-state index in [0.29, 0.717) is 19.4 Å². The summed E-state index contributed by atoms with van der Waals surface area (Å²) in [4.78, 5) is 24.5. The van der Waals surface area contributed by atoms with Crippen molar-refractivity contribution < 1.29 is 24.5 Å². The van der Waals surface area contributed by atoms with Gasteiger partial charge in [0.15, 0.2) is 0 Å². The third-order valence-electron chi connectivity index (χ3n) is 13.6. The molecule has 3 N–H and O–H groups in total. The molecule has 2 atom stereocenters. The van der Waals surface area contributed by atoms with E-state index >= 15 is 0 Å². The molecule has 1 amide bonds. The Balaban J connectivity index is 3.47. The molecule has 2 unspecified atom stereocenters. The summed E-state index contributed by atoms with van der Waals surface area (Å²) in [5.74, 6) is -0.0851. The number of hydrogen-bond acceptors (Lipinski definition) is 5. The molecule has 0 spiro atoms. The highest BCUT2D eigenvalue weighted by Crippen LogP contribution is 2.16. The first kappa shape index (κ1) is 65.8. The Hall–Kier alpha value is -2.18. The lowest BCUT2D eigenvalue weighted by Gasteiger charge is -2.20. The third-order valence-corrected chi connectivity index (χ3v) is 13.6. The van der Waals surface area contributed by atoms with Crippen LogP contribution in [0.2, 0.25) is 0 Å². The van der Waals surface area contributed by atoms with Crippen molar-refractivity contribution in [3.63, 3.8) is 0 Å². The van der Waals surface area contributed by atoms with Crippen LogP contribution in [0.4, 0.5) is 0 Å².